The highest BCUT2D eigenvalue weighted by Crippen LogP contribution is 2.24. The SMILES string of the molecule is Cc1ccc(NC(=O)COC(=O)C(C)N2C(=O)c3ccccc3C2=O)cc1C. The van der Waals surface area contributed by atoms with E-state index < -0.39 is 36.3 Å². The van der Waals surface area contributed by atoms with Crippen LogP contribution in [0.2, 0.25) is 0 Å². The summed E-state index contributed by atoms with van der Waals surface area (Å²) in [6.07, 6.45) is 0. The average Bonchev–Trinajstić information content (AvgIpc) is 2.93. The molecule has 7 nitrogen and oxygen atoms in total. The van der Waals surface area contributed by atoms with Crippen molar-refractivity contribution in [2.75, 3.05) is 11.9 Å². The zero-order valence-corrected chi connectivity index (χ0v) is 15.8. The van der Waals surface area contributed by atoms with Gasteiger partial charge in [0.15, 0.2) is 6.61 Å². The number of carbonyl (C=O) groups excluding carboxylic acids is 4. The topological polar surface area (TPSA) is 92.8 Å². The molecular weight excluding hydrogens is 360 g/mol. The lowest BCUT2D eigenvalue weighted by Crippen LogP contribution is -2.44. The molecule has 144 valence electrons. The summed E-state index contributed by atoms with van der Waals surface area (Å²) in [6, 6.07) is 10.7. The van der Waals surface area contributed by atoms with Crippen LogP contribution in [0.1, 0.15) is 38.8 Å². The number of fused-ring (bicyclic) bond motifs is 1. The Morgan fingerprint density at radius 2 is 1.61 bits per heavy atom. The van der Waals surface area contributed by atoms with Crippen molar-refractivity contribution in [3.8, 4) is 0 Å². The Morgan fingerprint density at radius 1 is 1.00 bits per heavy atom. The Labute approximate surface area is 162 Å². The van der Waals surface area contributed by atoms with E-state index >= 15 is 0 Å². The summed E-state index contributed by atoms with van der Waals surface area (Å²) in [5, 5.41) is 2.64. The lowest BCUT2D eigenvalue weighted by molar-refractivity contribution is -0.150. The maximum Gasteiger partial charge on any atom is 0.329 e. The predicted molar refractivity (Wildman–Crippen MR) is 102 cm³/mol. The number of imide groups is 1. The van der Waals surface area contributed by atoms with Gasteiger partial charge in [0.05, 0.1) is 11.1 Å². The van der Waals surface area contributed by atoms with Crippen LogP contribution in [0.15, 0.2) is 42.5 Å². The van der Waals surface area contributed by atoms with Crippen LogP contribution >= 0.6 is 0 Å². The molecule has 7 heteroatoms. The molecule has 1 N–H and O–H groups in total. The highest BCUT2D eigenvalue weighted by Gasteiger charge is 2.41. The molecule has 1 heterocycles. The number of anilines is 1. The molecule has 0 saturated carbocycles. The predicted octanol–water partition coefficient (Wildman–Crippen LogP) is 2.47. The van der Waals surface area contributed by atoms with Gasteiger partial charge in [0, 0.05) is 5.69 Å². The third-order valence-corrected chi connectivity index (χ3v) is 4.69. The Kier molecular flexibility index (Phi) is 5.26. The Balaban J connectivity index is 1.59. The summed E-state index contributed by atoms with van der Waals surface area (Å²) in [5.74, 6) is -2.44. The first kappa shape index (κ1) is 19.3. The smallest absolute Gasteiger partial charge is 0.329 e. The summed E-state index contributed by atoms with van der Waals surface area (Å²) in [5.41, 5.74) is 3.21. The van der Waals surface area contributed by atoms with Gasteiger partial charge < -0.3 is 10.1 Å². The van der Waals surface area contributed by atoms with Crippen LogP contribution < -0.4 is 5.32 Å². The molecule has 0 fully saturated rings. The number of rotatable bonds is 5. The third-order valence-electron chi connectivity index (χ3n) is 4.69. The van der Waals surface area contributed by atoms with Gasteiger partial charge in [-0.1, -0.05) is 18.2 Å². The van der Waals surface area contributed by atoms with Gasteiger partial charge in [-0.05, 0) is 56.2 Å². The fourth-order valence-electron chi connectivity index (χ4n) is 2.94. The largest absolute Gasteiger partial charge is 0.454 e. The minimum Gasteiger partial charge on any atom is -0.454 e. The summed E-state index contributed by atoms with van der Waals surface area (Å²) < 4.78 is 5.00. The molecule has 1 aliphatic heterocycles. The van der Waals surface area contributed by atoms with E-state index in [1.54, 1.807) is 18.2 Å². The monoisotopic (exact) mass is 380 g/mol. The third kappa shape index (κ3) is 3.64. The van der Waals surface area contributed by atoms with E-state index in [0.717, 1.165) is 16.0 Å². The quantitative estimate of drug-likeness (QED) is 0.635. The van der Waals surface area contributed by atoms with E-state index in [-0.39, 0.29) is 11.1 Å². The number of benzene rings is 2. The van der Waals surface area contributed by atoms with Crippen molar-refractivity contribution in [2.45, 2.75) is 26.8 Å². The molecule has 3 amide bonds. The van der Waals surface area contributed by atoms with Gasteiger partial charge in [0.2, 0.25) is 0 Å². The number of nitrogens with zero attached hydrogens (tertiary/aromatic N) is 1. The Bertz CT molecular complexity index is 948. The number of nitrogens with one attached hydrogen (secondary N) is 1. The highest BCUT2D eigenvalue weighted by molar-refractivity contribution is 6.22. The maximum absolute atomic E-state index is 12.4. The first-order chi connectivity index (χ1) is 13.3. The molecule has 0 aromatic heterocycles. The number of ether oxygens (including phenoxy) is 1. The summed E-state index contributed by atoms with van der Waals surface area (Å²) in [4.78, 5) is 50.0. The fraction of sp³-hybridized carbons (Fsp3) is 0.238. The van der Waals surface area contributed by atoms with E-state index in [0.29, 0.717) is 5.69 Å². The number of esters is 1. The number of hydrogen-bond donors (Lipinski definition) is 1. The van der Waals surface area contributed by atoms with Crippen molar-refractivity contribution in [3.05, 3.63) is 64.7 Å². The van der Waals surface area contributed by atoms with Crippen LogP contribution in [0.4, 0.5) is 5.69 Å². The van der Waals surface area contributed by atoms with Crippen molar-refractivity contribution in [3.63, 3.8) is 0 Å². The molecule has 3 rings (SSSR count). The van der Waals surface area contributed by atoms with Crippen molar-refractivity contribution in [2.24, 2.45) is 0 Å². The van der Waals surface area contributed by atoms with Gasteiger partial charge in [-0.2, -0.15) is 0 Å². The molecule has 0 spiro atoms. The van der Waals surface area contributed by atoms with Crippen LogP contribution in [0.3, 0.4) is 0 Å². The average molecular weight is 380 g/mol. The van der Waals surface area contributed by atoms with Crippen molar-refractivity contribution in [1.82, 2.24) is 4.90 Å². The van der Waals surface area contributed by atoms with Crippen molar-refractivity contribution < 1.29 is 23.9 Å². The van der Waals surface area contributed by atoms with Crippen LogP contribution in [0.5, 0.6) is 0 Å². The number of amides is 3. The second-order valence-corrected chi connectivity index (χ2v) is 6.66. The first-order valence-corrected chi connectivity index (χ1v) is 8.80. The second-order valence-electron chi connectivity index (χ2n) is 6.66. The second kappa shape index (κ2) is 7.64. The van der Waals surface area contributed by atoms with E-state index in [2.05, 4.69) is 5.32 Å². The van der Waals surface area contributed by atoms with Crippen molar-refractivity contribution in [1.29, 1.82) is 0 Å². The van der Waals surface area contributed by atoms with Gasteiger partial charge in [-0.25, -0.2) is 4.79 Å². The van der Waals surface area contributed by atoms with E-state index in [1.807, 2.05) is 26.0 Å². The van der Waals surface area contributed by atoms with E-state index in [4.69, 9.17) is 4.74 Å². The maximum atomic E-state index is 12.4. The highest BCUT2D eigenvalue weighted by atomic mass is 16.5. The molecule has 1 aliphatic rings. The zero-order chi connectivity index (χ0) is 20.4. The normalized spacial score (nSPS) is 13.9. The minimum atomic E-state index is -1.14. The number of aryl methyl sites for hydroxylation is 2. The molecule has 28 heavy (non-hydrogen) atoms. The molecule has 1 unspecified atom stereocenters. The van der Waals surface area contributed by atoms with Crippen molar-refractivity contribution >= 4 is 29.4 Å². The van der Waals surface area contributed by atoms with Gasteiger partial charge in [-0.3, -0.25) is 19.3 Å². The molecule has 2 aromatic rings. The summed E-state index contributed by atoms with van der Waals surface area (Å²) in [6.45, 7) is 4.77. The van der Waals surface area contributed by atoms with Crippen LogP contribution in [-0.4, -0.2) is 41.2 Å². The van der Waals surface area contributed by atoms with Crippen LogP contribution in [0, 0.1) is 13.8 Å². The van der Waals surface area contributed by atoms with E-state index in [9.17, 15) is 19.2 Å². The molecule has 0 bridgehead atoms. The zero-order valence-electron chi connectivity index (χ0n) is 15.8. The lowest BCUT2D eigenvalue weighted by Gasteiger charge is -2.20. The first-order valence-electron chi connectivity index (χ1n) is 8.80. The Morgan fingerprint density at radius 3 is 2.18 bits per heavy atom. The minimum absolute atomic E-state index is 0.250. The van der Waals surface area contributed by atoms with Gasteiger partial charge in [0.25, 0.3) is 17.7 Å². The fourth-order valence-corrected chi connectivity index (χ4v) is 2.94. The summed E-state index contributed by atoms with van der Waals surface area (Å²) in [7, 11) is 0. The van der Waals surface area contributed by atoms with Gasteiger partial charge in [0.1, 0.15) is 6.04 Å². The molecular formula is C21H20N2O5. The lowest BCUT2D eigenvalue weighted by atomic mass is 10.1. The molecule has 2 aromatic carbocycles. The molecule has 0 radical (unpaired) electrons. The molecule has 0 aliphatic carbocycles. The Hall–Kier alpha value is -3.48. The number of carbonyl (C=O) groups is 4. The summed E-state index contributed by atoms with van der Waals surface area (Å²) >= 11 is 0. The van der Waals surface area contributed by atoms with E-state index in [1.165, 1.54) is 19.1 Å². The van der Waals surface area contributed by atoms with Crippen LogP contribution in [-0.2, 0) is 14.3 Å². The van der Waals surface area contributed by atoms with Gasteiger partial charge >= 0.3 is 5.97 Å². The number of hydrogen-bond acceptors (Lipinski definition) is 5. The van der Waals surface area contributed by atoms with Gasteiger partial charge in [-0.15, -0.1) is 0 Å². The molecule has 1 atom stereocenters. The van der Waals surface area contributed by atoms with Crippen LogP contribution in [0.25, 0.3) is 0 Å². The molecule has 0 saturated heterocycles. The standard InChI is InChI=1S/C21H20N2O5/c1-12-8-9-15(10-13(12)2)22-18(24)11-28-21(27)14(3)23-19(25)16-6-4-5-7-17(16)20(23)26/h4-10,14H,11H2,1-3H3,(H,22,24).